The van der Waals surface area contributed by atoms with Crippen LogP contribution in [0.25, 0.3) is 0 Å². The summed E-state index contributed by atoms with van der Waals surface area (Å²) in [5, 5.41) is 3.25. The standard InChI is InChI=1S/C17H28N2O4S2.ClH/c1-5-10-19(15-6-8-18-9-7-15)25(22,23)17-12-13(2)11-16(14(17)3)24(4,20)21;/h11-12,15,18H,5-10H2,1-4H3;1H. The van der Waals surface area contributed by atoms with Gasteiger partial charge in [0.25, 0.3) is 0 Å². The fraction of sp³-hybridized carbons (Fsp3) is 0.647. The minimum atomic E-state index is -3.76. The molecular weight excluding hydrogens is 396 g/mol. The Morgan fingerprint density at radius 1 is 1.08 bits per heavy atom. The van der Waals surface area contributed by atoms with Gasteiger partial charge in [-0.05, 0) is 69.5 Å². The molecule has 0 spiro atoms. The minimum Gasteiger partial charge on any atom is -0.317 e. The van der Waals surface area contributed by atoms with Crippen molar-refractivity contribution in [2.45, 2.75) is 55.9 Å². The number of sulfone groups is 1. The molecule has 150 valence electrons. The minimum absolute atomic E-state index is 0. The van der Waals surface area contributed by atoms with E-state index in [9.17, 15) is 16.8 Å². The van der Waals surface area contributed by atoms with Crippen LogP contribution in [0.2, 0.25) is 0 Å². The summed E-state index contributed by atoms with van der Waals surface area (Å²) >= 11 is 0. The van der Waals surface area contributed by atoms with E-state index in [-0.39, 0.29) is 28.2 Å². The van der Waals surface area contributed by atoms with Crippen LogP contribution in [0, 0.1) is 13.8 Å². The lowest BCUT2D eigenvalue weighted by molar-refractivity contribution is 0.262. The summed E-state index contributed by atoms with van der Waals surface area (Å²) in [6, 6.07) is 3.08. The SMILES string of the molecule is CCCN(C1CCNCC1)S(=O)(=O)c1cc(C)cc(S(C)(=O)=O)c1C.Cl. The highest BCUT2D eigenvalue weighted by molar-refractivity contribution is 7.91. The lowest BCUT2D eigenvalue weighted by Gasteiger charge is -2.34. The van der Waals surface area contributed by atoms with Gasteiger partial charge in [-0.15, -0.1) is 12.4 Å². The predicted molar refractivity (Wildman–Crippen MR) is 106 cm³/mol. The van der Waals surface area contributed by atoms with Crippen molar-refractivity contribution in [1.29, 1.82) is 0 Å². The number of rotatable bonds is 6. The topological polar surface area (TPSA) is 83.6 Å². The molecule has 1 N–H and O–H groups in total. The summed E-state index contributed by atoms with van der Waals surface area (Å²) in [7, 11) is -7.25. The first-order chi connectivity index (χ1) is 11.6. The second-order valence-corrected chi connectivity index (χ2v) is 10.6. The van der Waals surface area contributed by atoms with E-state index >= 15 is 0 Å². The highest BCUT2D eigenvalue weighted by Gasteiger charge is 2.34. The quantitative estimate of drug-likeness (QED) is 0.757. The van der Waals surface area contributed by atoms with Crippen molar-refractivity contribution in [3.8, 4) is 0 Å². The molecule has 1 saturated heterocycles. The summed E-state index contributed by atoms with van der Waals surface area (Å²) in [5.41, 5.74) is 0.939. The molecule has 0 radical (unpaired) electrons. The zero-order valence-corrected chi connectivity index (χ0v) is 18.2. The molecule has 9 heteroatoms. The normalized spacial score (nSPS) is 16.5. The van der Waals surface area contributed by atoms with Crippen molar-refractivity contribution < 1.29 is 16.8 Å². The van der Waals surface area contributed by atoms with Crippen molar-refractivity contribution in [2.75, 3.05) is 25.9 Å². The molecular formula is C17H29ClN2O4S2. The Hall–Kier alpha value is -0.670. The smallest absolute Gasteiger partial charge is 0.243 e. The van der Waals surface area contributed by atoms with Gasteiger partial charge in [0.1, 0.15) is 0 Å². The van der Waals surface area contributed by atoms with Crippen LogP contribution in [0.5, 0.6) is 0 Å². The Morgan fingerprint density at radius 2 is 1.62 bits per heavy atom. The third-order valence-corrected chi connectivity index (χ3v) is 7.90. The lowest BCUT2D eigenvalue weighted by Crippen LogP contribution is -2.46. The van der Waals surface area contributed by atoms with Crippen molar-refractivity contribution >= 4 is 32.3 Å². The third-order valence-electron chi connectivity index (χ3n) is 4.60. The summed E-state index contributed by atoms with van der Waals surface area (Å²) in [4.78, 5) is 0.202. The first-order valence-electron chi connectivity index (χ1n) is 8.63. The Bertz CT molecular complexity index is 833. The fourth-order valence-corrected chi connectivity index (χ4v) is 6.63. The Morgan fingerprint density at radius 3 is 2.12 bits per heavy atom. The van der Waals surface area contributed by atoms with Crippen molar-refractivity contribution in [2.24, 2.45) is 0 Å². The Kier molecular flexibility index (Phi) is 8.10. The molecule has 6 nitrogen and oxygen atoms in total. The molecule has 1 aromatic rings. The second-order valence-electron chi connectivity index (χ2n) is 6.76. The van der Waals surface area contributed by atoms with Crippen LogP contribution in [0.3, 0.4) is 0 Å². The highest BCUT2D eigenvalue weighted by atomic mass is 35.5. The average Bonchev–Trinajstić information content (AvgIpc) is 2.54. The maximum absolute atomic E-state index is 13.4. The molecule has 2 rings (SSSR count). The Balaban J connectivity index is 0.00000338. The number of halogens is 1. The van der Waals surface area contributed by atoms with Crippen LogP contribution in [0.4, 0.5) is 0 Å². The molecule has 0 unspecified atom stereocenters. The van der Waals surface area contributed by atoms with Crippen molar-refractivity contribution in [1.82, 2.24) is 9.62 Å². The second kappa shape index (κ2) is 9.01. The van der Waals surface area contributed by atoms with Crippen LogP contribution in [-0.2, 0) is 19.9 Å². The lowest BCUT2D eigenvalue weighted by atomic mass is 10.1. The summed E-state index contributed by atoms with van der Waals surface area (Å²) in [5.74, 6) is 0. The van der Waals surface area contributed by atoms with Crippen LogP contribution in [0.1, 0.15) is 37.3 Å². The fourth-order valence-electron chi connectivity index (χ4n) is 3.39. The number of piperidine rings is 1. The van der Waals surface area contributed by atoms with E-state index in [1.807, 2.05) is 6.92 Å². The van der Waals surface area contributed by atoms with Gasteiger partial charge < -0.3 is 5.32 Å². The maximum atomic E-state index is 13.4. The van der Waals surface area contributed by atoms with Crippen molar-refractivity contribution in [3.05, 3.63) is 23.3 Å². The molecule has 1 aliphatic rings. The van der Waals surface area contributed by atoms with Gasteiger partial charge in [-0.3, -0.25) is 0 Å². The van der Waals surface area contributed by atoms with Gasteiger partial charge in [-0.25, -0.2) is 16.8 Å². The molecule has 1 fully saturated rings. The van der Waals surface area contributed by atoms with Gasteiger partial charge in [0.05, 0.1) is 9.79 Å². The number of nitrogens with one attached hydrogen (secondary N) is 1. The predicted octanol–water partition coefficient (Wildman–Crippen LogP) is 2.28. The molecule has 1 heterocycles. The summed E-state index contributed by atoms with van der Waals surface area (Å²) < 4.78 is 52.5. The van der Waals surface area contributed by atoms with E-state index in [0.717, 1.165) is 32.2 Å². The molecule has 0 atom stereocenters. The molecule has 1 aromatic carbocycles. The molecule has 0 saturated carbocycles. The molecule has 0 aromatic heterocycles. The van der Waals surface area contributed by atoms with E-state index in [1.54, 1.807) is 30.3 Å². The largest absolute Gasteiger partial charge is 0.317 e. The van der Waals surface area contributed by atoms with Gasteiger partial charge in [-0.2, -0.15) is 4.31 Å². The van der Waals surface area contributed by atoms with Gasteiger partial charge in [0, 0.05) is 18.8 Å². The number of aryl methyl sites for hydroxylation is 1. The molecule has 0 aliphatic carbocycles. The van der Waals surface area contributed by atoms with E-state index in [2.05, 4.69) is 5.32 Å². The summed E-state index contributed by atoms with van der Waals surface area (Å²) in [6.07, 6.45) is 3.36. The summed E-state index contributed by atoms with van der Waals surface area (Å²) in [6.45, 7) is 7.28. The van der Waals surface area contributed by atoms with E-state index in [4.69, 9.17) is 0 Å². The van der Waals surface area contributed by atoms with Crippen LogP contribution in [-0.4, -0.2) is 53.1 Å². The third kappa shape index (κ3) is 4.98. The van der Waals surface area contributed by atoms with Crippen LogP contribution in [0.15, 0.2) is 21.9 Å². The molecule has 1 aliphatic heterocycles. The van der Waals surface area contributed by atoms with Crippen LogP contribution >= 0.6 is 12.4 Å². The van der Waals surface area contributed by atoms with Gasteiger partial charge >= 0.3 is 0 Å². The van der Waals surface area contributed by atoms with Gasteiger partial charge in [0.15, 0.2) is 9.84 Å². The number of hydrogen-bond acceptors (Lipinski definition) is 5. The number of nitrogens with zero attached hydrogens (tertiary/aromatic N) is 1. The zero-order valence-electron chi connectivity index (χ0n) is 15.8. The van der Waals surface area contributed by atoms with E-state index in [1.165, 1.54) is 0 Å². The molecule has 0 amide bonds. The number of sulfonamides is 1. The van der Waals surface area contributed by atoms with Gasteiger partial charge in [0.2, 0.25) is 10.0 Å². The monoisotopic (exact) mass is 424 g/mol. The number of benzene rings is 1. The Labute approximate surface area is 163 Å². The van der Waals surface area contributed by atoms with Crippen molar-refractivity contribution in [3.63, 3.8) is 0 Å². The van der Waals surface area contributed by atoms with Gasteiger partial charge in [-0.1, -0.05) is 6.92 Å². The average molecular weight is 425 g/mol. The number of hydrogen-bond donors (Lipinski definition) is 1. The first kappa shape index (κ1) is 23.4. The first-order valence-corrected chi connectivity index (χ1v) is 12.0. The maximum Gasteiger partial charge on any atom is 0.243 e. The molecule has 0 bridgehead atoms. The molecule has 26 heavy (non-hydrogen) atoms. The van der Waals surface area contributed by atoms with E-state index < -0.39 is 19.9 Å². The highest BCUT2D eigenvalue weighted by Crippen LogP contribution is 2.30. The zero-order chi connectivity index (χ0) is 18.8. The van der Waals surface area contributed by atoms with Crippen LogP contribution < -0.4 is 5.32 Å². The van der Waals surface area contributed by atoms with E-state index in [0.29, 0.717) is 24.1 Å².